The number of nitrogens with zero attached hydrogens (tertiary/aromatic N) is 2. The second-order valence-electron chi connectivity index (χ2n) is 7.54. The molecule has 1 fully saturated rings. The number of fused-ring (bicyclic) bond motifs is 1. The number of carbonyl (C=O) groups excluding carboxylic acids is 3. The topological polar surface area (TPSA) is 98.9 Å². The number of benzene rings is 2. The van der Waals surface area contributed by atoms with Crippen molar-refractivity contribution in [2.75, 3.05) is 26.3 Å². The molecule has 0 saturated carbocycles. The summed E-state index contributed by atoms with van der Waals surface area (Å²) in [5.74, 6) is -1.32. The fourth-order valence-corrected chi connectivity index (χ4v) is 3.79. The van der Waals surface area contributed by atoms with E-state index in [1.165, 1.54) is 0 Å². The molecule has 1 aliphatic heterocycles. The molecule has 1 aromatic heterocycles. The Morgan fingerprint density at radius 2 is 1.88 bits per heavy atom. The number of likely N-dealkylation sites (tertiary alicyclic amines) is 1. The molecule has 0 spiro atoms. The normalized spacial score (nSPS) is 16.0. The Balaban J connectivity index is 1.42. The zero-order valence-corrected chi connectivity index (χ0v) is 17.8. The van der Waals surface area contributed by atoms with Gasteiger partial charge in [-0.3, -0.25) is 9.59 Å². The number of esters is 2. The first-order valence-electron chi connectivity index (χ1n) is 10.6. The Bertz CT molecular complexity index is 1110. The van der Waals surface area contributed by atoms with Crippen molar-refractivity contribution >= 4 is 28.9 Å². The Kier molecular flexibility index (Phi) is 6.49. The summed E-state index contributed by atoms with van der Waals surface area (Å²) in [5, 5.41) is 0. The van der Waals surface area contributed by atoms with Gasteiger partial charge in [0.05, 0.1) is 23.7 Å². The van der Waals surface area contributed by atoms with Crippen LogP contribution in [0.2, 0.25) is 0 Å². The molecule has 32 heavy (non-hydrogen) atoms. The molecule has 1 atom stereocenters. The van der Waals surface area contributed by atoms with Crippen molar-refractivity contribution in [3.05, 3.63) is 54.1 Å². The van der Waals surface area contributed by atoms with E-state index in [0.29, 0.717) is 48.5 Å². The minimum absolute atomic E-state index is 0.259. The summed E-state index contributed by atoms with van der Waals surface area (Å²) in [6, 6.07) is 14.1. The molecule has 0 aliphatic carbocycles. The predicted octanol–water partition coefficient (Wildman–Crippen LogP) is 3.45. The van der Waals surface area contributed by atoms with Gasteiger partial charge in [0.2, 0.25) is 5.89 Å². The molecule has 2 heterocycles. The highest BCUT2D eigenvalue weighted by Crippen LogP contribution is 2.27. The van der Waals surface area contributed by atoms with Crippen molar-refractivity contribution in [2.24, 2.45) is 5.92 Å². The van der Waals surface area contributed by atoms with Crippen molar-refractivity contribution in [3.8, 4) is 11.5 Å². The third-order valence-electron chi connectivity index (χ3n) is 5.39. The lowest BCUT2D eigenvalue weighted by Crippen LogP contribution is -2.44. The molecular weight excluding hydrogens is 412 g/mol. The smallest absolute Gasteiger partial charge is 0.339 e. The van der Waals surface area contributed by atoms with Crippen LogP contribution in [-0.2, 0) is 19.1 Å². The summed E-state index contributed by atoms with van der Waals surface area (Å²) < 4.78 is 16.2. The second kappa shape index (κ2) is 9.64. The van der Waals surface area contributed by atoms with Crippen molar-refractivity contribution in [2.45, 2.75) is 19.8 Å². The predicted molar refractivity (Wildman–Crippen MR) is 116 cm³/mol. The van der Waals surface area contributed by atoms with Gasteiger partial charge in [0.1, 0.15) is 5.52 Å². The number of hydrogen-bond acceptors (Lipinski definition) is 7. The maximum Gasteiger partial charge on any atom is 0.339 e. The van der Waals surface area contributed by atoms with Crippen molar-refractivity contribution in [1.29, 1.82) is 0 Å². The minimum Gasteiger partial charge on any atom is -0.466 e. The van der Waals surface area contributed by atoms with Gasteiger partial charge in [-0.05, 0) is 44.0 Å². The lowest BCUT2D eigenvalue weighted by atomic mass is 9.98. The van der Waals surface area contributed by atoms with E-state index in [9.17, 15) is 14.4 Å². The van der Waals surface area contributed by atoms with Gasteiger partial charge in [-0.2, -0.15) is 0 Å². The SMILES string of the molecule is CCOC(=O)C1CCCN(C(=O)COC(=O)c2ccccc2-c2nc3ccccc3o2)C1. The van der Waals surface area contributed by atoms with Crippen LogP contribution in [0, 0.1) is 5.92 Å². The number of hydrogen-bond donors (Lipinski definition) is 0. The van der Waals surface area contributed by atoms with E-state index < -0.39 is 12.6 Å². The maximum absolute atomic E-state index is 12.8. The molecule has 1 amide bonds. The standard InChI is InChI=1S/C24H24N2O6/c1-2-30-23(28)16-8-7-13-26(14-16)21(27)15-31-24(29)18-10-4-3-9-17(18)22-25-19-11-5-6-12-20(19)32-22/h3-6,9-12,16H,2,7-8,13-15H2,1H3. The highest BCUT2D eigenvalue weighted by Gasteiger charge is 2.30. The number of rotatable bonds is 6. The summed E-state index contributed by atoms with van der Waals surface area (Å²) in [5.41, 5.74) is 2.04. The Morgan fingerprint density at radius 3 is 2.69 bits per heavy atom. The Labute approximate surface area is 185 Å². The third-order valence-corrected chi connectivity index (χ3v) is 5.39. The average molecular weight is 436 g/mol. The number of para-hydroxylation sites is 2. The summed E-state index contributed by atoms with van der Waals surface area (Å²) in [6.07, 6.45) is 1.38. The summed E-state index contributed by atoms with van der Waals surface area (Å²) in [6.45, 7) is 2.44. The van der Waals surface area contributed by atoms with E-state index in [4.69, 9.17) is 13.9 Å². The first-order valence-corrected chi connectivity index (χ1v) is 10.6. The molecule has 0 radical (unpaired) electrons. The first kappa shape index (κ1) is 21.5. The number of aromatic nitrogens is 1. The molecule has 166 valence electrons. The monoisotopic (exact) mass is 436 g/mol. The van der Waals surface area contributed by atoms with E-state index in [2.05, 4.69) is 4.98 Å². The van der Waals surface area contributed by atoms with Gasteiger partial charge in [0.15, 0.2) is 12.2 Å². The van der Waals surface area contributed by atoms with E-state index >= 15 is 0 Å². The van der Waals surface area contributed by atoms with Crippen LogP contribution in [0.3, 0.4) is 0 Å². The minimum atomic E-state index is -0.643. The highest BCUT2D eigenvalue weighted by molar-refractivity contribution is 5.97. The maximum atomic E-state index is 12.8. The van der Waals surface area contributed by atoms with Gasteiger partial charge < -0.3 is 18.8 Å². The first-order chi connectivity index (χ1) is 15.6. The zero-order chi connectivity index (χ0) is 22.5. The van der Waals surface area contributed by atoms with Crippen LogP contribution in [0.25, 0.3) is 22.6 Å². The van der Waals surface area contributed by atoms with E-state index in [1.54, 1.807) is 42.2 Å². The van der Waals surface area contributed by atoms with Crippen LogP contribution >= 0.6 is 0 Å². The van der Waals surface area contributed by atoms with Crippen molar-refractivity contribution < 1.29 is 28.3 Å². The third kappa shape index (κ3) is 4.64. The molecule has 0 N–H and O–H groups in total. The summed E-state index contributed by atoms with van der Waals surface area (Å²) in [4.78, 5) is 43.3. The molecule has 0 bridgehead atoms. The molecule has 3 aromatic rings. The van der Waals surface area contributed by atoms with E-state index in [-0.39, 0.29) is 29.9 Å². The summed E-state index contributed by atoms with van der Waals surface area (Å²) >= 11 is 0. The van der Waals surface area contributed by atoms with Gasteiger partial charge in [0.25, 0.3) is 5.91 Å². The van der Waals surface area contributed by atoms with Gasteiger partial charge in [-0.25, -0.2) is 9.78 Å². The lowest BCUT2D eigenvalue weighted by Gasteiger charge is -2.31. The fourth-order valence-electron chi connectivity index (χ4n) is 3.79. The van der Waals surface area contributed by atoms with E-state index in [1.807, 2.05) is 18.2 Å². The molecule has 4 rings (SSSR count). The van der Waals surface area contributed by atoms with E-state index in [0.717, 1.165) is 0 Å². The number of carbonyl (C=O) groups is 3. The molecule has 8 nitrogen and oxygen atoms in total. The van der Waals surface area contributed by atoms with Crippen LogP contribution in [0.1, 0.15) is 30.1 Å². The second-order valence-corrected chi connectivity index (χ2v) is 7.54. The quantitative estimate of drug-likeness (QED) is 0.546. The number of piperidine rings is 1. The Hall–Kier alpha value is -3.68. The number of amides is 1. The highest BCUT2D eigenvalue weighted by atomic mass is 16.5. The van der Waals surface area contributed by atoms with Crippen LogP contribution in [-0.4, -0.2) is 54.0 Å². The molecule has 2 aromatic carbocycles. The van der Waals surface area contributed by atoms with Gasteiger partial charge in [0, 0.05) is 13.1 Å². The molecule has 8 heteroatoms. The molecule has 1 aliphatic rings. The van der Waals surface area contributed by atoms with Crippen LogP contribution in [0.5, 0.6) is 0 Å². The van der Waals surface area contributed by atoms with Crippen LogP contribution in [0.4, 0.5) is 0 Å². The van der Waals surface area contributed by atoms with Crippen molar-refractivity contribution in [1.82, 2.24) is 9.88 Å². The fraction of sp³-hybridized carbons (Fsp3) is 0.333. The van der Waals surface area contributed by atoms with Gasteiger partial charge in [-0.1, -0.05) is 24.3 Å². The average Bonchev–Trinajstić information content (AvgIpc) is 3.27. The zero-order valence-electron chi connectivity index (χ0n) is 17.8. The van der Waals surface area contributed by atoms with Gasteiger partial charge in [-0.15, -0.1) is 0 Å². The molecule has 1 saturated heterocycles. The Morgan fingerprint density at radius 1 is 1.09 bits per heavy atom. The molecular formula is C24H24N2O6. The van der Waals surface area contributed by atoms with Crippen LogP contribution in [0.15, 0.2) is 52.9 Å². The lowest BCUT2D eigenvalue weighted by molar-refractivity contribution is -0.151. The van der Waals surface area contributed by atoms with Crippen LogP contribution < -0.4 is 0 Å². The number of oxazole rings is 1. The number of ether oxygens (including phenoxy) is 2. The van der Waals surface area contributed by atoms with Gasteiger partial charge >= 0.3 is 11.9 Å². The molecule has 1 unspecified atom stereocenters. The largest absolute Gasteiger partial charge is 0.466 e. The summed E-state index contributed by atoms with van der Waals surface area (Å²) in [7, 11) is 0. The van der Waals surface area contributed by atoms with Crippen molar-refractivity contribution in [3.63, 3.8) is 0 Å².